The molecule has 1 aromatic heterocycles. The minimum absolute atomic E-state index is 0.0307. The molecule has 0 radical (unpaired) electrons. The van der Waals surface area contributed by atoms with Gasteiger partial charge in [-0.2, -0.15) is 5.26 Å². The first-order valence-corrected chi connectivity index (χ1v) is 9.48. The number of nitriles is 1. The third-order valence-electron chi connectivity index (χ3n) is 4.88. The van der Waals surface area contributed by atoms with E-state index in [1.54, 1.807) is 12.1 Å². The van der Waals surface area contributed by atoms with Gasteiger partial charge in [0.15, 0.2) is 11.5 Å². The zero-order valence-electron chi connectivity index (χ0n) is 15.8. The van der Waals surface area contributed by atoms with Crippen molar-refractivity contribution >= 4 is 5.78 Å². The van der Waals surface area contributed by atoms with Gasteiger partial charge in [-0.05, 0) is 5.56 Å². The van der Waals surface area contributed by atoms with Crippen molar-refractivity contribution in [3.63, 3.8) is 0 Å². The Kier molecular flexibility index (Phi) is 5.36. The number of carbonyl (C=O) groups is 1. The predicted octanol–water partition coefficient (Wildman–Crippen LogP) is 5.83. The number of hydrogen-bond donors (Lipinski definition) is 0. The standard InChI is InChI=1S/C26H19NO2/c27-18-23-22(17-24(28)20-12-6-2-7-13-20)25(16-19-10-4-1-5-11-19)29-26(23)21-14-8-3-9-15-21/h1-15H,16-17H2. The van der Waals surface area contributed by atoms with Gasteiger partial charge in [-0.15, -0.1) is 0 Å². The highest BCUT2D eigenvalue weighted by atomic mass is 16.3. The van der Waals surface area contributed by atoms with Crippen LogP contribution in [0.25, 0.3) is 11.3 Å². The van der Waals surface area contributed by atoms with Gasteiger partial charge in [0.05, 0.1) is 0 Å². The Bertz CT molecular complexity index is 1150. The Balaban J connectivity index is 1.79. The molecule has 29 heavy (non-hydrogen) atoms. The second-order valence-corrected chi connectivity index (χ2v) is 6.81. The van der Waals surface area contributed by atoms with Crippen LogP contribution in [0.5, 0.6) is 0 Å². The van der Waals surface area contributed by atoms with Crippen molar-refractivity contribution in [1.29, 1.82) is 5.26 Å². The third kappa shape index (κ3) is 4.02. The maximum Gasteiger partial charge on any atom is 0.167 e. The first-order chi connectivity index (χ1) is 14.3. The zero-order chi connectivity index (χ0) is 20.1. The lowest BCUT2D eigenvalue weighted by atomic mass is 9.96. The molecule has 1 heterocycles. The second-order valence-electron chi connectivity index (χ2n) is 6.81. The van der Waals surface area contributed by atoms with E-state index in [0.717, 1.165) is 11.1 Å². The molecular weight excluding hydrogens is 358 g/mol. The van der Waals surface area contributed by atoms with Gasteiger partial charge in [0, 0.05) is 29.5 Å². The lowest BCUT2D eigenvalue weighted by molar-refractivity contribution is 0.0992. The molecule has 0 atom stereocenters. The summed E-state index contributed by atoms with van der Waals surface area (Å²) < 4.78 is 6.19. The van der Waals surface area contributed by atoms with Crippen LogP contribution >= 0.6 is 0 Å². The van der Waals surface area contributed by atoms with Gasteiger partial charge in [0.2, 0.25) is 0 Å². The summed E-state index contributed by atoms with van der Waals surface area (Å²) in [7, 11) is 0. The molecule has 0 aliphatic rings. The van der Waals surface area contributed by atoms with Crippen molar-refractivity contribution in [2.75, 3.05) is 0 Å². The minimum atomic E-state index is -0.0307. The number of nitrogens with zero attached hydrogens (tertiary/aromatic N) is 1. The molecule has 3 aromatic carbocycles. The Morgan fingerprint density at radius 2 is 1.41 bits per heavy atom. The SMILES string of the molecule is N#Cc1c(-c2ccccc2)oc(Cc2ccccc2)c1CC(=O)c1ccccc1. The van der Waals surface area contributed by atoms with Crippen LogP contribution in [-0.4, -0.2) is 5.78 Å². The van der Waals surface area contributed by atoms with Crippen molar-refractivity contribution in [1.82, 2.24) is 0 Å². The van der Waals surface area contributed by atoms with Crippen LogP contribution < -0.4 is 0 Å². The van der Waals surface area contributed by atoms with Crippen molar-refractivity contribution in [3.8, 4) is 17.4 Å². The number of benzene rings is 3. The van der Waals surface area contributed by atoms with Crippen LogP contribution in [-0.2, 0) is 12.8 Å². The topological polar surface area (TPSA) is 54.0 Å². The summed E-state index contributed by atoms with van der Waals surface area (Å²) in [6, 6.07) is 30.9. The molecular formula is C26H19NO2. The van der Waals surface area contributed by atoms with E-state index < -0.39 is 0 Å². The highest BCUT2D eigenvalue weighted by Gasteiger charge is 2.24. The van der Waals surface area contributed by atoms with Gasteiger partial charge in [-0.3, -0.25) is 4.79 Å². The molecule has 0 spiro atoms. The highest BCUT2D eigenvalue weighted by molar-refractivity contribution is 5.98. The fraction of sp³-hybridized carbons (Fsp3) is 0.0769. The maximum atomic E-state index is 12.9. The van der Waals surface area contributed by atoms with Gasteiger partial charge in [0.25, 0.3) is 0 Å². The number of Topliss-reactive ketones (excluding diaryl/α,β-unsaturated/α-hetero) is 1. The quantitative estimate of drug-likeness (QED) is 0.397. The van der Waals surface area contributed by atoms with Crippen LogP contribution in [0.2, 0.25) is 0 Å². The minimum Gasteiger partial charge on any atom is -0.459 e. The van der Waals surface area contributed by atoms with Crippen molar-refractivity contribution in [3.05, 3.63) is 119 Å². The fourth-order valence-electron chi connectivity index (χ4n) is 3.42. The summed E-state index contributed by atoms with van der Waals surface area (Å²) in [5.74, 6) is 1.16. The van der Waals surface area contributed by atoms with E-state index in [9.17, 15) is 10.1 Å². The average molecular weight is 377 g/mol. The van der Waals surface area contributed by atoms with Gasteiger partial charge < -0.3 is 4.42 Å². The van der Waals surface area contributed by atoms with Crippen LogP contribution in [0.15, 0.2) is 95.4 Å². The number of ketones is 1. The molecule has 0 unspecified atom stereocenters. The number of rotatable bonds is 6. The van der Waals surface area contributed by atoms with Crippen LogP contribution in [0.3, 0.4) is 0 Å². The van der Waals surface area contributed by atoms with E-state index in [4.69, 9.17) is 4.42 Å². The van der Waals surface area contributed by atoms with Gasteiger partial charge in [-0.25, -0.2) is 0 Å². The molecule has 0 N–H and O–H groups in total. The lowest BCUT2D eigenvalue weighted by Crippen LogP contribution is -2.06. The summed E-state index contributed by atoms with van der Waals surface area (Å²) in [5.41, 5.74) is 3.63. The van der Waals surface area contributed by atoms with E-state index in [0.29, 0.717) is 34.6 Å². The van der Waals surface area contributed by atoms with E-state index in [-0.39, 0.29) is 12.2 Å². The first kappa shape index (κ1) is 18.5. The van der Waals surface area contributed by atoms with E-state index in [1.165, 1.54) is 0 Å². The maximum absolute atomic E-state index is 12.9. The Hall–Kier alpha value is -3.90. The fourth-order valence-corrected chi connectivity index (χ4v) is 3.42. The first-order valence-electron chi connectivity index (χ1n) is 9.48. The van der Waals surface area contributed by atoms with Crippen LogP contribution in [0.1, 0.15) is 32.8 Å². The predicted molar refractivity (Wildman–Crippen MR) is 113 cm³/mol. The summed E-state index contributed by atoms with van der Waals surface area (Å²) >= 11 is 0. The molecule has 4 aromatic rings. The molecule has 0 bridgehead atoms. The number of hydrogen-bond acceptors (Lipinski definition) is 3. The molecule has 0 aliphatic heterocycles. The van der Waals surface area contributed by atoms with Crippen molar-refractivity contribution < 1.29 is 9.21 Å². The largest absolute Gasteiger partial charge is 0.459 e. The third-order valence-corrected chi connectivity index (χ3v) is 4.88. The molecule has 0 fully saturated rings. The summed E-state index contributed by atoms with van der Waals surface area (Å²) in [4.78, 5) is 12.9. The molecule has 4 rings (SSSR count). The van der Waals surface area contributed by atoms with Crippen LogP contribution in [0, 0.1) is 11.3 Å². The summed E-state index contributed by atoms with van der Waals surface area (Å²) in [6.45, 7) is 0. The number of furan rings is 1. The number of carbonyl (C=O) groups excluding carboxylic acids is 1. The average Bonchev–Trinajstić information content (AvgIpc) is 3.12. The monoisotopic (exact) mass is 377 g/mol. The van der Waals surface area contributed by atoms with E-state index in [2.05, 4.69) is 6.07 Å². The Morgan fingerprint density at radius 1 is 0.828 bits per heavy atom. The van der Waals surface area contributed by atoms with Crippen LogP contribution in [0.4, 0.5) is 0 Å². The van der Waals surface area contributed by atoms with Crippen molar-refractivity contribution in [2.45, 2.75) is 12.8 Å². The molecule has 140 valence electrons. The Labute approximate surface area is 169 Å². The lowest BCUT2D eigenvalue weighted by Gasteiger charge is -2.04. The smallest absolute Gasteiger partial charge is 0.167 e. The van der Waals surface area contributed by atoms with E-state index >= 15 is 0 Å². The second kappa shape index (κ2) is 8.41. The molecule has 0 saturated heterocycles. The molecule has 3 nitrogen and oxygen atoms in total. The molecule has 0 aliphatic carbocycles. The summed E-state index contributed by atoms with van der Waals surface area (Å²) in [6.07, 6.45) is 0.658. The van der Waals surface area contributed by atoms with Gasteiger partial charge in [-0.1, -0.05) is 91.0 Å². The van der Waals surface area contributed by atoms with Gasteiger partial charge in [0.1, 0.15) is 17.4 Å². The van der Waals surface area contributed by atoms with E-state index in [1.807, 2.05) is 78.9 Å². The molecule has 0 saturated carbocycles. The highest BCUT2D eigenvalue weighted by Crippen LogP contribution is 2.33. The normalized spacial score (nSPS) is 10.4. The van der Waals surface area contributed by atoms with Gasteiger partial charge >= 0.3 is 0 Å². The van der Waals surface area contributed by atoms with Crippen molar-refractivity contribution in [2.24, 2.45) is 0 Å². The molecule has 0 amide bonds. The Morgan fingerprint density at radius 3 is 2.03 bits per heavy atom. The summed E-state index contributed by atoms with van der Waals surface area (Å²) in [5, 5.41) is 9.90. The molecule has 3 heteroatoms. The zero-order valence-corrected chi connectivity index (χ0v) is 15.8.